The molecule has 2 amide bonds. The number of piperidine rings is 1. The summed E-state index contributed by atoms with van der Waals surface area (Å²) in [6.45, 7) is 3.11. The summed E-state index contributed by atoms with van der Waals surface area (Å²) in [5.74, 6) is -0.102. The Balaban J connectivity index is 1.87. The maximum atomic E-state index is 12.5. The number of imide groups is 1. The van der Waals surface area contributed by atoms with Gasteiger partial charge in [0.15, 0.2) is 0 Å². The standard InChI is InChI=1S/C15H18N2O2/c1-15-8-5-9-16-12(15)13(18)17(14(15)19)10-11-6-3-2-4-7-11/h2-4,6-7,12,16H,5,8-10H2,1H3. The van der Waals surface area contributed by atoms with Gasteiger partial charge in [-0.15, -0.1) is 0 Å². The molecule has 0 aromatic heterocycles. The Bertz CT molecular complexity index is 514. The van der Waals surface area contributed by atoms with Gasteiger partial charge in [-0.3, -0.25) is 14.5 Å². The van der Waals surface area contributed by atoms with E-state index in [-0.39, 0.29) is 17.9 Å². The average molecular weight is 258 g/mol. The van der Waals surface area contributed by atoms with Crippen LogP contribution in [-0.4, -0.2) is 29.3 Å². The number of hydrogen-bond acceptors (Lipinski definition) is 3. The van der Waals surface area contributed by atoms with Crippen LogP contribution in [0.3, 0.4) is 0 Å². The molecule has 2 saturated heterocycles. The molecule has 1 N–H and O–H groups in total. The minimum atomic E-state index is -0.551. The highest BCUT2D eigenvalue weighted by Crippen LogP contribution is 2.39. The number of carbonyl (C=O) groups is 2. The Hall–Kier alpha value is -1.68. The first-order chi connectivity index (χ1) is 9.13. The van der Waals surface area contributed by atoms with Gasteiger partial charge in [-0.25, -0.2) is 0 Å². The molecule has 0 aliphatic carbocycles. The van der Waals surface area contributed by atoms with Crippen molar-refractivity contribution in [2.24, 2.45) is 5.41 Å². The zero-order valence-electron chi connectivity index (χ0n) is 11.1. The first kappa shape index (κ1) is 12.4. The topological polar surface area (TPSA) is 49.4 Å². The predicted molar refractivity (Wildman–Crippen MR) is 71.1 cm³/mol. The van der Waals surface area contributed by atoms with Crippen LogP contribution in [0.15, 0.2) is 30.3 Å². The van der Waals surface area contributed by atoms with E-state index in [4.69, 9.17) is 0 Å². The van der Waals surface area contributed by atoms with Crippen molar-refractivity contribution in [3.8, 4) is 0 Å². The van der Waals surface area contributed by atoms with Crippen molar-refractivity contribution in [2.75, 3.05) is 6.54 Å². The Kier molecular flexibility index (Phi) is 2.90. The van der Waals surface area contributed by atoms with Crippen molar-refractivity contribution in [2.45, 2.75) is 32.4 Å². The normalized spacial score (nSPS) is 30.6. The monoisotopic (exact) mass is 258 g/mol. The minimum Gasteiger partial charge on any atom is -0.305 e. The van der Waals surface area contributed by atoms with E-state index >= 15 is 0 Å². The third kappa shape index (κ3) is 1.87. The quantitative estimate of drug-likeness (QED) is 0.814. The van der Waals surface area contributed by atoms with E-state index in [0.717, 1.165) is 24.9 Å². The van der Waals surface area contributed by atoms with Crippen LogP contribution >= 0.6 is 0 Å². The highest BCUT2D eigenvalue weighted by molar-refractivity contribution is 6.09. The van der Waals surface area contributed by atoms with Crippen LogP contribution in [-0.2, 0) is 16.1 Å². The lowest BCUT2D eigenvalue weighted by atomic mass is 9.77. The molecule has 0 spiro atoms. The number of fused-ring (bicyclic) bond motifs is 1. The SMILES string of the molecule is CC12CCCNC1C(=O)N(Cc1ccccc1)C2=O. The largest absolute Gasteiger partial charge is 0.305 e. The van der Waals surface area contributed by atoms with Crippen LogP contribution in [0.2, 0.25) is 0 Å². The molecule has 0 bridgehead atoms. The lowest BCUT2D eigenvalue weighted by Crippen LogP contribution is -2.50. The first-order valence-electron chi connectivity index (χ1n) is 6.76. The van der Waals surface area contributed by atoms with Crippen LogP contribution in [0.5, 0.6) is 0 Å². The van der Waals surface area contributed by atoms with Gasteiger partial charge < -0.3 is 5.32 Å². The van der Waals surface area contributed by atoms with Gasteiger partial charge >= 0.3 is 0 Å². The Labute approximate surface area is 112 Å². The summed E-state index contributed by atoms with van der Waals surface area (Å²) < 4.78 is 0. The molecule has 1 aromatic carbocycles. The van der Waals surface area contributed by atoms with Gasteiger partial charge in [0.05, 0.1) is 12.0 Å². The van der Waals surface area contributed by atoms with E-state index in [9.17, 15) is 9.59 Å². The van der Waals surface area contributed by atoms with Crippen LogP contribution in [0.25, 0.3) is 0 Å². The second-order valence-electron chi connectivity index (χ2n) is 5.62. The summed E-state index contributed by atoms with van der Waals surface area (Å²) in [4.78, 5) is 26.4. The van der Waals surface area contributed by atoms with Crippen molar-refractivity contribution in [3.05, 3.63) is 35.9 Å². The molecule has 4 nitrogen and oxygen atoms in total. The molecule has 100 valence electrons. The molecule has 2 fully saturated rings. The van der Waals surface area contributed by atoms with Gasteiger partial charge in [0, 0.05) is 0 Å². The molecule has 3 rings (SSSR count). The molecule has 0 radical (unpaired) electrons. The van der Waals surface area contributed by atoms with Crippen LogP contribution in [0.1, 0.15) is 25.3 Å². The zero-order valence-corrected chi connectivity index (χ0v) is 11.1. The minimum absolute atomic E-state index is 0.0291. The third-order valence-electron chi connectivity index (χ3n) is 4.29. The molecular weight excluding hydrogens is 240 g/mol. The Morgan fingerprint density at radius 1 is 1.32 bits per heavy atom. The number of carbonyl (C=O) groups excluding carboxylic acids is 2. The molecule has 0 saturated carbocycles. The van der Waals surface area contributed by atoms with Crippen molar-refractivity contribution in [1.29, 1.82) is 0 Å². The van der Waals surface area contributed by atoms with E-state index in [1.165, 1.54) is 4.90 Å². The molecule has 2 heterocycles. The number of amides is 2. The Morgan fingerprint density at radius 3 is 2.74 bits per heavy atom. The van der Waals surface area contributed by atoms with Gasteiger partial charge in [0.2, 0.25) is 11.8 Å². The third-order valence-corrected chi connectivity index (χ3v) is 4.29. The van der Waals surface area contributed by atoms with Crippen molar-refractivity contribution < 1.29 is 9.59 Å². The molecule has 2 unspecified atom stereocenters. The summed E-state index contributed by atoms with van der Waals surface area (Å²) in [5, 5.41) is 3.21. The number of hydrogen-bond donors (Lipinski definition) is 1. The fraction of sp³-hybridized carbons (Fsp3) is 0.467. The maximum absolute atomic E-state index is 12.5. The molecule has 1 aromatic rings. The van der Waals surface area contributed by atoms with E-state index in [1.807, 2.05) is 37.3 Å². The average Bonchev–Trinajstić information content (AvgIpc) is 2.62. The van der Waals surface area contributed by atoms with Crippen molar-refractivity contribution in [3.63, 3.8) is 0 Å². The van der Waals surface area contributed by atoms with E-state index in [1.54, 1.807) is 0 Å². The predicted octanol–water partition coefficient (Wildman–Crippen LogP) is 1.31. The summed E-state index contributed by atoms with van der Waals surface area (Å²) in [5.41, 5.74) is 0.441. The number of benzene rings is 1. The summed E-state index contributed by atoms with van der Waals surface area (Å²) >= 11 is 0. The van der Waals surface area contributed by atoms with Crippen LogP contribution < -0.4 is 5.32 Å². The van der Waals surface area contributed by atoms with Crippen LogP contribution in [0, 0.1) is 5.41 Å². The molecule has 2 atom stereocenters. The first-order valence-corrected chi connectivity index (χ1v) is 6.76. The summed E-state index contributed by atoms with van der Waals surface area (Å²) in [6.07, 6.45) is 1.74. The fourth-order valence-corrected chi connectivity index (χ4v) is 3.14. The van der Waals surface area contributed by atoms with Crippen molar-refractivity contribution >= 4 is 11.8 Å². The van der Waals surface area contributed by atoms with E-state index in [0.29, 0.717) is 6.54 Å². The smallest absolute Gasteiger partial charge is 0.247 e. The van der Waals surface area contributed by atoms with Gasteiger partial charge in [-0.2, -0.15) is 0 Å². The van der Waals surface area contributed by atoms with Crippen molar-refractivity contribution in [1.82, 2.24) is 10.2 Å². The fourth-order valence-electron chi connectivity index (χ4n) is 3.14. The van der Waals surface area contributed by atoms with Gasteiger partial charge in [0.1, 0.15) is 6.04 Å². The lowest BCUT2D eigenvalue weighted by Gasteiger charge is -2.32. The summed E-state index contributed by atoms with van der Waals surface area (Å²) in [7, 11) is 0. The Morgan fingerprint density at radius 2 is 2.05 bits per heavy atom. The number of nitrogens with zero attached hydrogens (tertiary/aromatic N) is 1. The summed E-state index contributed by atoms with van der Waals surface area (Å²) in [6, 6.07) is 9.33. The molecular formula is C15H18N2O2. The lowest BCUT2D eigenvalue weighted by molar-refractivity contribution is -0.141. The highest BCUT2D eigenvalue weighted by Gasteiger charge is 2.56. The molecule has 4 heteroatoms. The maximum Gasteiger partial charge on any atom is 0.247 e. The second-order valence-corrected chi connectivity index (χ2v) is 5.62. The van der Waals surface area contributed by atoms with Gasteiger partial charge in [-0.1, -0.05) is 30.3 Å². The second kappa shape index (κ2) is 4.46. The molecule has 19 heavy (non-hydrogen) atoms. The number of likely N-dealkylation sites (tertiary alicyclic amines) is 1. The van der Waals surface area contributed by atoms with Crippen LogP contribution in [0.4, 0.5) is 0 Å². The molecule has 2 aliphatic rings. The zero-order chi connectivity index (χ0) is 13.5. The van der Waals surface area contributed by atoms with Gasteiger partial charge in [0.25, 0.3) is 0 Å². The van der Waals surface area contributed by atoms with E-state index in [2.05, 4.69) is 5.32 Å². The molecule has 2 aliphatic heterocycles. The van der Waals surface area contributed by atoms with Gasteiger partial charge in [-0.05, 0) is 31.9 Å². The van der Waals surface area contributed by atoms with E-state index < -0.39 is 5.41 Å². The number of nitrogens with one attached hydrogen (secondary N) is 1. The number of rotatable bonds is 2. The highest BCUT2D eigenvalue weighted by atomic mass is 16.2.